The number of aromatic nitrogens is 7. The van der Waals surface area contributed by atoms with E-state index in [1.807, 2.05) is 48.7 Å². The first kappa shape index (κ1) is 71.2. The van der Waals surface area contributed by atoms with E-state index in [-0.39, 0.29) is 92.7 Å². The van der Waals surface area contributed by atoms with E-state index in [2.05, 4.69) is 53.9 Å². The number of para-hydroxylation sites is 1. The van der Waals surface area contributed by atoms with E-state index < -0.39 is 75.9 Å². The summed E-state index contributed by atoms with van der Waals surface area (Å²) in [5.41, 5.74) is 3.25. The predicted molar refractivity (Wildman–Crippen MR) is 354 cm³/mol. The Bertz CT molecular complexity index is 3990. The number of fused-ring (bicyclic) bond motifs is 5. The highest BCUT2D eigenvalue weighted by Crippen LogP contribution is 2.42. The molecule has 4 atom stereocenters. The van der Waals surface area contributed by atoms with Crippen molar-refractivity contribution in [2.45, 2.75) is 142 Å². The number of rotatable bonds is 33. The van der Waals surface area contributed by atoms with Gasteiger partial charge in [0, 0.05) is 94.9 Å². The second kappa shape index (κ2) is 32.9. The Morgan fingerprint density at radius 2 is 1.68 bits per heavy atom. The smallest absolute Gasteiger partial charge is 0.457 e. The van der Waals surface area contributed by atoms with Crippen LogP contribution in [0.5, 0.6) is 0 Å². The molecule has 0 spiro atoms. The van der Waals surface area contributed by atoms with Crippen molar-refractivity contribution < 1.29 is 61.5 Å². The molecular weight excluding hydrogens is 1250 g/mol. The van der Waals surface area contributed by atoms with E-state index in [1.54, 1.807) is 87.4 Å². The van der Waals surface area contributed by atoms with Gasteiger partial charge in [-0.05, 0) is 93.0 Å². The molecule has 6 aromatic rings. The maximum absolute atomic E-state index is 14.4. The van der Waals surface area contributed by atoms with E-state index in [0.717, 1.165) is 34.9 Å². The third kappa shape index (κ3) is 18.4. The molecule has 6 heterocycles. The molecule has 1 unspecified atom stereocenters. The molecule has 0 fully saturated rings. The van der Waals surface area contributed by atoms with Crippen molar-refractivity contribution in [3.63, 3.8) is 0 Å². The molecule has 0 radical (unpaired) electrons. The highest BCUT2D eigenvalue weighted by atomic mass is 32.2. The summed E-state index contributed by atoms with van der Waals surface area (Å²) < 4.78 is 46.0. The van der Waals surface area contributed by atoms with Crippen LogP contribution in [0, 0.1) is 23.7 Å². The zero-order valence-corrected chi connectivity index (χ0v) is 55.9. The molecule has 0 saturated carbocycles. The number of pyridine rings is 2. The number of hydrogen-bond acceptors (Lipinski definition) is 20. The van der Waals surface area contributed by atoms with Crippen LogP contribution in [0.3, 0.4) is 0 Å². The molecule has 3 amide bonds. The number of anilines is 1. The number of amides is 3. The van der Waals surface area contributed by atoms with Gasteiger partial charge in [-0.25, -0.2) is 33.5 Å². The number of nitrogens with zero attached hydrogens (tertiary/aromatic N) is 8. The minimum atomic E-state index is -2.54. The molecule has 25 nitrogen and oxygen atoms in total. The number of benzene rings is 2. The van der Waals surface area contributed by atoms with E-state index in [4.69, 9.17) is 28.7 Å². The molecule has 0 aliphatic carbocycles. The second-order valence-corrected chi connectivity index (χ2v) is 26.9. The van der Waals surface area contributed by atoms with Crippen molar-refractivity contribution in [2.75, 3.05) is 57.3 Å². The van der Waals surface area contributed by atoms with Crippen molar-refractivity contribution in [2.24, 2.45) is 11.8 Å². The number of ether oxygens (including phenoxy) is 5. The van der Waals surface area contributed by atoms with Gasteiger partial charge in [-0.1, -0.05) is 93.3 Å². The maximum Gasteiger partial charge on any atom is 0.510 e. The summed E-state index contributed by atoms with van der Waals surface area (Å²) in [6.45, 7) is 10.7. The zero-order chi connectivity index (χ0) is 67.7. The van der Waals surface area contributed by atoms with Crippen LogP contribution in [0.1, 0.15) is 130 Å². The predicted octanol–water partition coefficient (Wildman–Crippen LogP) is 6.77. The SMILES string of the molecule is C=S(C)(=O)N(CCc1c2c(nc3ccccc13)-c1cc3c(c(=O)n1C2)COC(=O)[C@@]3(CC)OC(=O)OCc1ccc(NC(=O)[C@H](C)CC(=O)[C@@H](NC(=O)COCC(=O)NCCOCCn2cc(C(=O)CCCCCC#Cc3cnc(SC)nc3)nn2)C(C)C)cc1)C(C)C. The van der Waals surface area contributed by atoms with Crippen LogP contribution in [0.15, 0.2) is 83.1 Å². The average molecular weight is 1330 g/mol. The third-order valence-corrected chi connectivity index (χ3v) is 18.2. The van der Waals surface area contributed by atoms with Gasteiger partial charge in [-0.15, -0.1) is 5.10 Å². The number of thioether (sulfide) groups is 1. The van der Waals surface area contributed by atoms with Crippen LogP contribution >= 0.6 is 11.8 Å². The summed E-state index contributed by atoms with van der Waals surface area (Å²) in [6, 6.07) is 14.7. The van der Waals surface area contributed by atoms with Gasteiger partial charge < -0.3 is 44.2 Å². The first-order chi connectivity index (χ1) is 45.0. The van der Waals surface area contributed by atoms with Crippen LogP contribution in [-0.2, 0) is 95.7 Å². The van der Waals surface area contributed by atoms with Crippen molar-refractivity contribution in [1.29, 1.82) is 0 Å². The van der Waals surface area contributed by atoms with Crippen LogP contribution in [0.25, 0.3) is 22.3 Å². The fraction of sp³-hybridized carbons (Fsp3) is 0.463. The quantitative estimate of drug-likeness (QED) is 0.00727. The van der Waals surface area contributed by atoms with Gasteiger partial charge in [0.1, 0.15) is 32.1 Å². The number of carbonyl (C=O) groups is 7. The van der Waals surface area contributed by atoms with Crippen LogP contribution in [0.2, 0.25) is 0 Å². The summed E-state index contributed by atoms with van der Waals surface area (Å²) in [7, 11) is -2.54. The van der Waals surface area contributed by atoms with E-state index in [1.165, 1.54) is 16.4 Å². The number of hydrogen-bond donors (Lipinski definition) is 3. The number of unbranched alkanes of at least 4 members (excludes halogenated alkanes) is 3. The van der Waals surface area contributed by atoms with Crippen molar-refractivity contribution in [3.05, 3.63) is 123 Å². The lowest BCUT2D eigenvalue weighted by Gasteiger charge is -2.35. The highest BCUT2D eigenvalue weighted by molar-refractivity contribution is 7.98. The monoisotopic (exact) mass is 1330 g/mol. The minimum Gasteiger partial charge on any atom is -0.457 e. The fourth-order valence-electron chi connectivity index (χ4n) is 11.1. The topological polar surface area (TPSA) is 313 Å². The summed E-state index contributed by atoms with van der Waals surface area (Å²) in [6.07, 6.45) is 11.0. The van der Waals surface area contributed by atoms with Gasteiger partial charge in [0.2, 0.25) is 23.3 Å². The Hall–Kier alpha value is -8.68. The Balaban J connectivity index is 0.730. The Kier molecular flexibility index (Phi) is 24.9. The molecule has 3 N–H and O–H groups in total. The van der Waals surface area contributed by atoms with Gasteiger partial charge in [0.25, 0.3) is 5.56 Å². The maximum atomic E-state index is 14.4. The number of carbonyl (C=O) groups excluding carboxylic acids is 7. The summed E-state index contributed by atoms with van der Waals surface area (Å²) in [5.74, 6) is 6.05. The van der Waals surface area contributed by atoms with Gasteiger partial charge >= 0.3 is 12.1 Å². The molecule has 27 heteroatoms. The normalized spacial score (nSPS) is 15.2. The number of esters is 1. The minimum absolute atomic E-state index is 0.0443. The Morgan fingerprint density at radius 1 is 0.936 bits per heavy atom. The second-order valence-electron chi connectivity index (χ2n) is 23.7. The molecule has 0 saturated heterocycles. The summed E-state index contributed by atoms with van der Waals surface area (Å²) >= 11 is 1.47. The van der Waals surface area contributed by atoms with Crippen LogP contribution in [-0.4, -0.2) is 154 Å². The first-order valence-electron chi connectivity index (χ1n) is 31.2. The first-order valence-corrected chi connectivity index (χ1v) is 34.5. The van der Waals surface area contributed by atoms with Crippen molar-refractivity contribution in [3.8, 4) is 23.2 Å². The van der Waals surface area contributed by atoms with E-state index >= 15 is 0 Å². The molecule has 2 aliphatic rings. The molecule has 500 valence electrons. The standard InChI is InChI=1S/C67H81N11O14S2/c1-10-67(52-33-55-61-50(36-77(55)63(84)51(52)39-90-64(67)85)48(49-19-16-17-20-53(49)72-61)26-28-78(43(4)5)94(8,9)87)92-66(86)91-38-45-22-24-47(25-23-45)71-62(83)44(6)32-57(80)60(42(2)3)73-59(82)41-89-40-58(81)68-27-30-88-31-29-76-37-54(74-75-76)56(79)21-15-13-11-12-14-18-46-34-69-65(93-7)70-35-46/h16-17,19-20,22-25,33-35,37,42-44,60H,8,10-13,15,21,26-32,36,38-41H2,1-7,9H3,(H,68,81)(H,71,83)(H,73,82)/t44-,60+,67+,94?/m1/s1. The van der Waals surface area contributed by atoms with Crippen molar-refractivity contribution >= 4 is 85.3 Å². The number of cyclic esters (lactones) is 1. The zero-order valence-electron chi connectivity index (χ0n) is 54.3. The largest absolute Gasteiger partial charge is 0.510 e. The number of Topliss-reactive ketones (excluding diaryl/α,β-unsaturated/α-hetero) is 2. The van der Waals surface area contributed by atoms with E-state index in [9.17, 15) is 42.6 Å². The third-order valence-electron chi connectivity index (χ3n) is 16.0. The Morgan fingerprint density at radius 3 is 2.39 bits per heavy atom. The average Bonchev–Trinajstić information content (AvgIpc) is 1.44. The lowest BCUT2D eigenvalue weighted by molar-refractivity contribution is -0.175. The Labute approximate surface area is 550 Å². The van der Waals surface area contributed by atoms with Crippen molar-refractivity contribution in [1.82, 2.24) is 49.5 Å². The lowest BCUT2D eigenvalue weighted by Crippen LogP contribution is -2.47. The molecule has 94 heavy (non-hydrogen) atoms. The van der Waals surface area contributed by atoms with Crippen LogP contribution < -0.4 is 21.5 Å². The summed E-state index contributed by atoms with van der Waals surface area (Å²) in [5, 5.41) is 17.7. The molecule has 4 aromatic heterocycles. The van der Waals surface area contributed by atoms with Gasteiger partial charge in [0.15, 0.2) is 16.7 Å². The van der Waals surface area contributed by atoms with E-state index in [0.29, 0.717) is 72.1 Å². The number of nitrogens with one attached hydrogen (secondary N) is 3. The molecule has 2 aromatic carbocycles. The summed E-state index contributed by atoms with van der Waals surface area (Å²) in [4.78, 5) is 120. The van der Waals surface area contributed by atoms with Gasteiger partial charge in [-0.2, -0.15) is 0 Å². The number of ketones is 2. The van der Waals surface area contributed by atoms with Gasteiger partial charge in [0.05, 0.1) is 66.6 Å². The van der Waals surface area contributed by atoms with Crippen LogP contribution in [0.4, 0.5) is 10.5 Å². The molecule has 8 rings (SSSR count). The fourth-order valence-corrected chi connectivity index (χ4v) is 12.8. The van der Waals surface area contributed by atoms with Gasteiger partial charge in [-0.3, -0.25) is 33.0 Å². The molecular formula is C67H81N11O14S2. The highest BCUT2D eigenvalue weighted by Gasteiger charge is 2.51. The molecule has 2 aliphatic heterocycles. The molecule has 0 bridgehead atoms. The lowest BCUT2D eigenvalue weighted by atomic mass is 9.85.